The fraction of sp³-hybridized carbons (Fsp3) is 0.333. The van der Waals surface area contributed by atoms with Crippen molar-refractivity contribution in [2.75, 3.05) is 11.9 Å². The molecule has 10 heteroatoms. The van der Waals surface area contributed by atoms with Gasteiger partial charge in [0.25, 0.3) is 0 Å². The van der Waals surface area contributed by atoms with Crippen molar-refractivity contribution in [3.05, 3.63) is 65.1 Å². The van der Waals surface area contributed by atoms with E-state index in [1.54, 1.807) is 44.0 Å². The molecule has 0 aliphatic carbocycles. The Labute approximate surface area is 213 Å². The molecule has 2 N–H and O–H groups in total. The van der Waals surface area contributed by atoms with Gasteiger partial charge in [-0.2, -0.15) is 10.4 Å². The number of benzene rings is 1. The third-order valence-corrected chi connectivity index (χ3v) is 6.47. The zero-order chi connectivity index (χ0) is 26.9. The molecule has 0 aliphatic heterocycles. The van der Waals surface area contributed by atoms with Gasteiger partial charge in [-0.3, -0.25) is 9.48 Å². The highest BCUT2D eigenvalue weighted by Crippen LogP contribution is 2.35. The van der Waals surface area contributed by atoms with Gasteiger partial charge in [-0.1, -0.05) is 13.8 Å². The fourth-order valence-corrected chi connectivity index (χ4v) is 4.38. The largest absolute Gasteiger partial charge is 0.466 e. The van der Waals surface area contributed by atoms with Gasteiger partial charge in [-0.25, -0.2) is 13.8 Å². The lowest BCUT2D eigenvalue weighted by atomic mass is 9.79. The number of rotatable bonds is 8. The van der Waals surface area contributed by atoms with Crippen molar-refractivity contribution in [3.63, 3.8) is 0 Å². The monoisotopic (exact) mass is 506 g/mol. The smallest absolute Gasteiger partial charge is 0.307 e. The number of aromatic nitrogens is 4. The molecule has 0 saturated heterocycles. The van der Waals surface area contributed by atoms with Crippen LogP contribution in [-0.2, 0) is 22.0 Å². The van der Waals surface area contributed by atoms with Gasteiger partial charge in [-0.05, 0) is 43.7 Å². The number of nitrogens with one attached hydrogen (secondary N) is 2. The molecule has 1 unspecified atom stereocenters. The van der Waals surface area contributed by atoms with Crippen molar-refractivity contribution in [1.82, 2.24) is 19.7 Å². The Kier molecular flexibility index (Phi) is 6.99. The summed E-state index contributed by atoms with van der Waals surface area (Å²) >= 11 is 0. The molecule has 0 amide bonds. The number of esters is 1. The van der Waals surface area contributed by atoms with Crippen LogP contribution >= 0.6 is 0 Å². The number of carbonyl (C=O) groups is 1. The number of nitriles is 1. The van der Waals surface area contributed by atoms with E-state index in [0.717, 1.165) is 6.07 Å². The molecule has 192 valence electrons. The van der Waals surface area contributed by atoms with Crippen LogP contribution in [0.25, 0.3) is 22.2 Å². The zero-order valence-corrected chi connectivity index (χ0v) is 21.3. The number of ether oxygens (including phenoxy) is 1. The predicted molar refractivity (Wildman–Crippen MR) is 136 cm³/mol. The summed E-state index contributed by atoms with van der Waals surface area (Å²) in [5.41, 5.74) is 1.55. The molecule has 0 saturated carbocycles. The average Bonchev–Trinajstić information content (AvgIpc) is 3.46. The molecule has 1 aromatic carbocycles. The van der Waals surface area contributed by atoms with Crippen LogP contribution in [0.4, 0.5) is 14.6 Å². The Morgan fingerprint density at radius 3 is 2.70 bits per heavy atom. The number of aryl methyl sites for hydroxylation is 2. The van der Waals surface area contributed by atoms with Gasteiger partial charge in [0.2, 0.25) is 0 Å². The van der Waals surface area contributed by atoms with Gasteiger partial charge in [0, 0.05) is 41.8 Å². The number of fused-ring (bicyclic) bond motifs is 1. The summed E-state index contributed by atoms with van der Waals surface area (Å²) in [5, 5.41) is 17.8. The summed E-state index contributed by atoms with van der Waals surface area (Å²) in [7, 11) is 1.78. The lowest BCUT2D eigenvalue weighted by Crippen LogP contribution is -2.42. The Balaban J connectivity index is 1.81. The SMILES string of the molecule is CCOC(=O)CC(Nc1nc(-c2c[nH]c3c(F)cc(C)cc23)c(C#N)cc1F)C(C)(C)c1ccn(C)n1. The maximum Gasteiger partial charge on any atom is 0.307 e. The van der Waals surface area contributed by atoms with E-state index >= 15 is 4.39 Å². The molecule has 0 spiro atoms. The minimum Gasteiger partial charge on any atom is -0.466 e. The molecule has 0 radical (unpaired) electrons. The van der Waals surface area contributed by atoms with E-state index in [9.17, 15) is 14.4 Å². The van der Waals surface area contributed by atoms with E-state index in [0.29, 0.717) is 22.2 Å². The number of H-pyrrole nitrogens is 1. The van der Waals surface area contributed by atoms with Crippen LogP contribution < -0.4 is 5.32 Å². The van der Waals surface area contributed by atoms with E-state index in [1.807, 2.05) is 26.0 Å². The van der Waals surface area contributed by atoms with Crippen LogP contribution in [0.1, 0.15) is 44.0 Å². The number of carbonyl (C=O) groups excluding carboxylic acids is 1. The van der Waals surface area contributed by atoms with Crippen LogP contribution in [0.15, 0.2) is 36.7 Å². The molecule has 0 bridgehead atoms. The second-order valence-electron chi connectivity index (χ2n) is 9.50. The quantitative estimate of drug-likeness (QED) is 0.321. The molecular weight excluding hydrogens is 478 g/mol. The Hall–Kier alpha value is -4.26. The topological polar surface area (TPSA) is 109 Å². The van der Waals surface area contributed by atoms with E-state index in [2.05, 4.69) is 20.4 Å². The van der Waals surface area contributed by atoms with Crippen LogP contribution in [0.5, 0.6) is 0 Å². The molecular formula is C27H28F2N6O2. The average molecular weight is 507 g/mol. The van der Waals surface area contributed by atoms with Crippen molar-refractivity contribution in [3.8, 4) is 17.3 Å². The van der Waals surface area contributed by atoms with Crippen LogP contribution in [0.2, 0.25) is 0 Å². The third-order valence-electron chi connectivity index (χ3n) is 6.47. The highest BCUT2D eigenvalue weighted by molar-refractivity contribution is 5.96. The molecule has 3 heterocycles. The minimum atomic E-state index is -0.756. The normalized spacial score (nSPS) is 12.4. The zero-order valence-electron chi connectivity index (χ0n) is 21.3. The fourth-order valence-electron chi connectivity index (χ4n) is 4.38. The molecule has 3 aromatic heterocycles. The Morgan fingerprint density at radius 2 is 2.05 bits per heavy atom. The highest BCUT2D eigenvalue weighted by Gasteiger charge is 2.36. The highest BCUT2D eigenvalue weighted by atomic mass is 19.1. The molecule has 4 aromatic rings. The summed E-state index contributed by atoms with van der Waals surface area (Å²) in [5.74, 6) is -1.80. The van der Waals surface area contributed by atoms with Gasteiger partial charge >= 0.3 is 5.97 Å². The number of pyridine rings is 1. The molecule has 37 heavy (non-hydrogen) atoms. The first kappa shape index (κ1) is 25.8. The first-order chi connectivity index (χ1) is 17.5. The number of anilines is 1. The summed E-state index contributed by atoms with van der Waals surface area (Å²) in [6.07, 6.45) is 3.26. The first-order valence-corrected chi connectivity index (χ1v) is 11.9. The van der Waals surface area contributed by atoms with Crippen molar-refractivity contribution < 1.29 is 18.3 Å². The Bertz CT molecular complexity index is 1520. The van der Waals surface area contributed by atoms with E-state index < -0.39 is 29.1 Å². The van der Waals surface area contributed by atoms with Crippen molar-refractivity contribution in [1.29, 1.82) is 5.26 Å². The van der Waals surface area contributed by atoms with Crippen LogP contribution in [-0.4, -0.2) is 38.4 Å². The van der Waals surface area contributed by atoms with Gasteiger partial charge in [0.05, 0.1) is 35.5 Å². The number of hydrogen-bond acceptors (Lipinski definition) is 6. The number of aromatic amines is 1. The predicted octanol–water partition coefficient (Wildman–Crippen LogP) is 5.13. The summed E-state index contributed by atoms with van der Waals surface area (Å²) < 4.78 is 36.6. The van der Waals surface area contributed by atoms with Crippen molar-refractivity contribution in [2.24, 2.45) is 7.05 Å². The number of halogens is 2. The van der Waals surface area contributed by atoms with Crippen LogP contribution in [0.3, 0.4) is 0 Å². The first-order valence-electron chi connectivity index (χ1n) is 11.9. The second kappa shape index (κ2) is 10.0. The van der Waals surface area contributed by atoms with Crippen LogP contribution in [0, 0.1) is 29.9 Å². The molecule has 0 fully saturated rings. The van der Waals surface area contributed by atoms with E-state index in [-0.39, 0.29) is 35.6 Å². The van der Waals surface area contributed by atoms with Crippen molar-refractivity contribution >= 4 is 22.7 Å². The van der Waals surface area contributed by atoms with E-state index in [1.165, 1.54) is 6.07 Å². The molecule has 0 aliphatic rings. The second-order valence-corrected chi connectivity index (χ2v) is 9.50. The maximum absolute atomic E-state index is 15.3. The minimum absolute atomic E-state index is 0.00297. The lowest BCUT2D eigenvalue weighted by molar-refractivity contribution is -0.143. The molecule has 4 rings (SSSR count). The van der Waals surface area contributed by atoms with E-state index in [4.69, 9.17) is 4.74 Å². The Morgan fingerprint density at radius 1 is 1.30 bits per heavy atom. The van der Waals surface area contributed by atoms with Gasteiger partial charge in [0.1, 0.15) is 11.9 Å². The summed E-state index contributed by atoms with van der Waals surface area (Å²) in [6.45, 7) is 7.46. The van der Waals surface area contributed by atoms with Crippen molar-refractivity contribution in [2.45, 2.75) is 45.6 Å². The maximum atomic E-state index is 15.3. The molecule has 8 nitrogen and oxygen atoms in total. The third kappa shape index (κ3) is 5.03. The summed E-state index contributed by atoms with van der Waals surface area (Å²) in [6, 6.07) is 7.42. The van der Waals surface area contributed by atoms with Gasteiger partial charge in [-0.15, -0.1) is 0 Å². The molecule has 1 atom stereocenters. The van der Waals surface area contributed by atoms with Gasteiger partial charge in [0.15, 0.2) is 11.6 Å². The lowest BCUT2D eigenvalue weighted by Gasteiger charge is -2.33. The number of nitrogens with zero attached hydrogens (tertiary/aromatic N) is 4. The standard InChI is InChI=1S/C27H28F2N6O2/c1-6-37-23(36)12-22(27(3,4)21-7-8-35(5)34-21)32-26-20(29)11-16(13-30)24(33-26)18-14-31-25-17(18)9-15(2)10-19(25)28/h7-11,14,22,31H,6,12H2,1-5H3,(H,32,33). The van der Waals surface area contributed by atoms with Gasteiger partial charge < -0.3 is 15.0 Å². The number of hydrogen-bond donors (Lipinski definition) is 2. The summed E-state index contributed by atoms with van der Waals surface area (Å²) in [4.78, 5) is 19.8.